The van der Waals surface area contributed by atoms with Gasteiger partial charge in [0.2, 0.25) is 0 Å². The van der Waals surface area contributed by atoms with Crippen molar-refractivity contribution in [2.24, 2.45) is 11.8 Å². The highest BCUT2D eigenvalue weighted by Gasteiger charge is 2.30. The van der Waals surface area contributed by atoms with E-state index in [9.17, 15) is 0 Å². The molecule has 4 heteroatoms. The lowest BCUT2D eigenvalue weighted by molar-refractivity contribution is 0.453. The monoisotopic (exact) mass is 350 g/mol. The summed E-state index contributed by atoms with van der Waals surface area (Å²) in [5.74, 6) is 2.23. The number of pyridine rings is 2. The van der Waals surface area contributed by atoms with Crippen LogP contribution in [0.5, 0.6) is 0 Å². The molecule has 0 amide bonds. The molecule has 4 heterocycles. The molecule has 0 bridgehead atoms. The molecule has 1 N–H and O–H groups in total. The van der Waals surface area contributed by atoms with Crippen LogP contribution >= 0.6 is 0 Å². The zero-order valence-electron chi connectivity index (χ0n) is 16.4. The summed E-state index contributed by atoms with van der Waals surface area (Å²) in [6.45, 7) is 12.2. The molecule has 0 radical (unpaired) electrons. The maximum atomic E-state index is 4.90. The molecule has 26 heavy (non-hydrogen) atoms. The van der Waals surface area contributed by atoms with Gasteiger partial charge in [-0.3, -0.25) is 9.97 Å². The average molecular weight is 351 g/mol. The Balaban J connectivity index is 1.66. The number of fused-ring (bicyclic) bond motifs is 2. The SMILES string of the molecule is CC(C)C1CN(c2cnc3c(c2)NCCC3C(C)C)Cc2cccnc21. The van der Waals surface area contributed by atoms with Crippen LogP contribution in [0.25, 0.3) is 0 Å². The van der Waals surface area contributed by atoms with Crippen LogP contribution in [-0.2, 0) is 6.54 Å². The Morgan fingerprint density at radius 1 is 1.08 bits per heavy atom. The van der Waals surface area contributed by atoms with Crippen LogP contribution in [-0.4, -0.2) is 23.1 Å². The Morgan fingerprint density at radius 3 is 2.65 bits per heavy atom. The molecule has 4 rings (SSSR count). The Labute approximate surface area is 157 Å². The van der Waals surface area contributed by atoms with E-state index in [1.807, 2.05) is 6.20 Å². The number of aromatic nitrogens is 2. The second-order valence-corrected chi connectivity index (χ2v) is 8.47. The van der Waals surface area contributed by atoms with Crippen molar-refractivity contribution in [2.45, 2.75) is 52.5 Å². The second-order valence-electron chi connectivity index (χ2n) is 8.47. The highest BCUT2D eigenvalue weighted by Crippen LogP contribution is 2.39. The molecule has 0 aliphatic carbocycles. The molecule has 2 atom stereocenters. The van der Waals surface area contributed by atoms with Gasteiger partial charge in [-0.15, -0.1) is 0 Å². The summed E-state index contributed by atoms with van der Waals surface area (Å²) in [4.78, 5) is 12.1. The smallest absolute Gasteiger partial charge is 0.0670 e. The molecule has 2 aliphatic heterocycles. The molecular weight excluding hydrogens is 320 g/mol. The van der Waals surface area contributed by atoms with Crippen LogP contribution in [0.2, 0.25) is 0 Å². The largest absolute Gasteiger partial charge is 0.383 e. The van der Waals surface area contributed by atoms with E-state index in [-0.39, 0.29) is 0 Å². The Bertz CT molecular complexity index is 783. The molecule has 0 aromatic carbocycles. The predicted molar refractivity (Wildman–Crippen MR) is 108 cm³/mol. The van der Waals surface area contributed by atoms with Gasteiger partial charge in [-0.25, -0.2) is 0 Å². The normalized spacial score (nSPS) is 22.2. The van der Waals surface area contributed by atoms with E-state index < -0.39 is 0 Å². The van der Waals surface area contributed by atoms with Crippen LogP contribution in [0.15, 0.2) is 30.6 Å². The zero-order chi connectivity index (χ0) is 18.3. The summed E-state index contributed by atoms with van der Waals surface area (Å²) < 4.78 is 0. The Kier molecular flexibility index (Phi) is 4.60. The first kappa shape index (κ1) is 17.3. The van der Waals surface area contributed by atoms with Crippen LogP contribution in [0, 0.1) is 11.8 Å². The summed E-state index contributed by atoms with van der Waals surface area (Å²) in [5, 5.41) is 3.58. The molecule has 0 spiro atoms. The van der Waals surface area contributed by atoms with Crippen LogP contribution < -0.4 is 10.2 Å². The van der Waals surface area contributed by atoms with E-state index in [1.54, 1.807) is 0 Å². The van der Waals surface area contributed by atoms with Crippen molar-refractivity contribution in [3.8, 4) is 0 Å². The fraction of sp³-hybridized carbons (Fsp3) is 0.545. The first-order valence-corrected chi connectivity index (χ1v) is 9.97. The molecule has 138 valence electrons. The van der Waals surface area contributed by atoms with Gasteiger partial charge in [0, 0.05) is 37.7 Å². The van der Waals surface area contributed by atoms with Gasteiger partial charge in [-0.2, -0.15) is 0 Å². The first-order valence-electron chi connectivity index (χ1n) is 9.97. The van der Waals surface area contributed by atoms with Gasteiger partial charge < -0.3 is 10.2 Å². The summed E-state index contributed by atoms with van der Waals surface area (Å²) in [5.41, 5.74) is 6.33. The minimum atomic E-state index is 0.465. The lowest BCUT2D eigenvalue weighted by Crippen LogP contribution is -2.36. The van der Waals surface area contributed by atoms with Crippen molar-refractivity contribution < 1.29 is 0 Å². The quantitative estimate of drug-likeness (QED) is 0.864. The second kappa shape index (κ2) is 6.90. The predicted octanol–water partition coefficient (Wildman–Crippen LogP) is 4.79. The van der Waals surface area contributed by atoms with Crippen LogP contribution in [0.1, 0.15) is 62.9 Å². The van der Waals surface area contributed by atoms with Gasteiger partial charge in [-0.1, -0.05) is 33.8 Å². The number of nitrogens with zero attached hydrogens (tertiary/aromatic N) is 3. The lowest BCUT2D eigenvalue weighted by Gasteiger charge is -2.37. The molecule has 2 aliphatic rings. The first-order chi connectivity index (χ1) is 12.5. The van der Waals surface area contributed by atoms with Gasteiger partial charge >= 0.3 is 0 Å². The molecule has 0 saturated heterocycles. The van der Waals surface area contributed by atoms with Crippen molar-refractivity contribution in [3.05, 3.63) is 47.5 Å². The average Bonchev–Trinajstić information content (AvgIpc) is 2.65. The highest BCUT2D eigenvalue weighted by molar-refractivity contribution is 5.62. The third-order valence-electron chi connectivity index (χ3n) is 6.06. The van der Waals surface area contributed by atoms with E-state index in [4.69, 9.17) is 9.97 Å². The van der Waals surface area contributed by atoms with E-state index in [0.29, 0.717) is 23.7 Å². The third-order valence-corrected chi connectivity index (χ3v) is 6.06. The number of anilines is 2. The van der Waals surface area contributed by atoms with Crippen molar-refractivity contribution >= 4 is 11.4 Å². The molecule has 2 aromatic rings. The van der Waals surface area contributed by atoms with Crippen LogP contribution in [0.3, 0.4) is 0 Å². The summed E-state index contributed by atoms with van der Waals surface area (Å²) >= 11 is 0. The van der Waals surface area contributed by atoms with Gasteiger partial charge in [0.05, 0.1) is 29.0 Å². The summed E-state index contributed by atoms with van der Waals surface area (Å²) in [7, 11) is 0. The standard InChI is InChI=1S/C22H30N4/c1-14(2)18-7-9-23-20-10-17(11-25-22(18)20)26-12-16-6-5-8-24-21(16)19(13-26)15(3)4/h5-6,8,10-11,14-15,18-19,23H,7,9,12-13H2,1-4H3. The van der Waals surface area contributed by atoms with Gasteiger partial charge in [0.25, 0.3) is 0 Å². The number of nitrogens with one attached hydrogen (secondary N) is 1. The number of hydrogen-bond acceptors (Lipinski definition) is 4. The van der Waals surface area contributed by atoms with E-state index in [1.165, 1.54) is 34.7 Å². The topological polar surface area (TPSA) is 41.1 Å². The number of rotatable bonds is 3. The fourth-order valence-electron chi connectivity index (χ4n) is 4.46. The Morgan fingerprint density at radius 2 is 1.88 bits per heavy atom. The van der Waals surface area contributed by atoms with E-state index in [2.05, 4.69) is 62.3 Å². The summed E-state index contributed by atoms with van der Waals surface area (Å²) in [6.07, 6.45) is 5.19. The van der Waals surface area contributed by atoms with Crippen molar-refractivity contribution in [2.75, 3.05) is 23.3 Å². The van der Waals surface area contributed by atoms with Crippen LogP contribution in [0.4, 0.5) is 11.4 Å². The molecule has 0 fully saturated rings. The van der Waals surface area contributed by atoms with Gasteiger partial charge in [0.15, 0.2) is 0 Å². The number of hydrogen-bond donors (Lipinski definition) is 1. The van der Waals surface area contributed by atoms with Gasteiger partial charge in [0.1, 0.15) is 0 Å². The van der Waals surface area contributed by atoms with Gasteiger partial charge in [-0.05, 0) is 36.0 Å². The molecule has 4 nitrogen and oxygen atoms in total. The molecule has 0 saturated carbocycles. The molecule has 2 unspecified atom stereocenters. The minimum absolute atomic E-state index is 0.465. The minimum Gasteiger partial charge on any atom is -0.383 e. The van der Waals surface area contributed by atoms with Crippen molar-refractivity contribution in [3.63, 3.8) is 0 Å². The maximum Gasteiger partial charge on any atom is 0.0670 e. The summed E-state index contributed by atoms with van der Waals surface area (Å²) in [6, 6.07) is 6.60. The third kappa shape index (κ3) is 3.06. The molecule has 2 aromatic heterocycles. The maximum absolute atomic E-state index is 4.90. The van der Waals surface area contributed by atoms with Crippen molar-refractivity contribution in [1.82, 2.24) is 9.97 Å². The lowest BCUT2D eigenvalue weighted by atomic mass is 9.85. The molecular formula is C22H30N4. The van der Waals surface area contributed by atoms with E-state index >= 15 is 0 Å². The highest BCUT2D eigenvalue weighted by atomic mass is 15.2. The zero-order valence-corrected chi connectivity index (χ0v) is 16.4. The van der Waals surface area contributed by atoms with E-state index in [0.717, 1.165) is 19.6 Å². The van der Waals surface area contributed by atoms with Crippen molar-refractivity contribution in [1.29, 1.82) is 0 Å². The Hall–Kier alpha value is -2.10. The fourth-order valence-corrected chi connectivity index (χ4v) is 4.46.